The van der Waals surface area contributed by atoms with Crippen LogP contribution in [-0.2, 0) is 6.54 Å². The number of nitrogens with one attached hydrogen (secondary N) is 2. The van der Waals surface area contributed by atoms with E-state index in [0.717, 1.165) is 23.9 Å². The van der Waals surface area contributed by atoms with Crippen LogP contribution in [-0.4, -0.2) is 19.6 Å². The quantitative estimate of drug-likeness (QED) is 0.498. The van der Waals surface area contributed by atoms with E-state index in [0.29, 0.717) is 18.1 Å². The van der Waals surface area contributed by atoms with E-state index in [-0.39, 0.29) is 5.82 Å². The van der Waals surface area contributed by atoms with Gasteiger partial charge in [0.05, 0.1) is 0 Å². The van der Waals surface area contributed by atoms with Gasteiger partial charge in [0, 0.05) is 30.2 Å². The normalized spacial score (nSPS) is 11.4. The van der Waals surface area contributed by atoms with Crippen molar-refractivity contribution in [3.63, 3.8) is 0 Å². The third kappa shape index (κ3) is 5.04. The number of halogens is 2. The van der Waals surface area contributed by atoms with Crippen molar-refractivity contribution < 1.29 is 4.39 Å². The van der Waals surface area contributed by atoms with Gasteiger partial charge in [-0.3, -0.25) is 4.99 Å². The van der Waals surface area contributed by atoms with Crippen molar-refractivity contribution in [1.29, 1.82) is 0 Å². The van der Waals surface area contributed by atoms with Crippen LogP contribution < -0.4 is 10.6 Å². The van der Waals surface area contributed by atoms with Gasteiger partial charge in [0.1, 0.15) is 5.82 Å². The summed E-state index contributed by atoms with van der Waals surface area (Å²) < 4.78 is 14.4. The highest BCUT2D eigenvalue weighted by atomic mass is 79.9. The summed E-state index contributed by atoms with van der Waals surface area (Å²) in [7, 11) is 1.71. The molecule has 0 aliphatic heterocycles. The molecule has 3 nitrogen and oxygen atoms in total. The molecule has 0 heterocycles. The Kier molecular flexibility index (Phi) is 6.72. The summed E-state index contributed by atoms with van der Waals surface area (Å²) in [4.78, 5) is 4.09. The zero-order valence-electron chi connectivity index (χ0n) is 10.8. The second-order valence-electron chi connectivity index (χ2n) is 3.94. The fourth-order valence-electron chi connectivity index (χ4n) is 1.46. The van der Waals surface area contributed by atoms with E-state index in [2.05, 4.69) is 38.5 Å². The second-order valence-corrected chi connectivity index (χ2v) is 4.86. The van der Waals surface area contributed by atoms with Gasteiger partial charge in [-0.05, 0) is 24.6 Å². The highest BCUT2D eigenvalue weighted by Crippen LogP contribution is 2.15. The number of hydrogen-bond donors (Lipinski definition) is 2. The maximum atomic E-state index is 13.5. The lowest BCUT2D eigenvalue weighted by atomic mass is 10.2. The first-order chi connectivity index (χ1) is 8.67. The minimum atomic E-state index is -0.213. The molecule has 0 aliphatic carbocycles. The number of nitrogens with zero attached hydrogens (tertiary/aromatic N) is 1. The van der Waals surface area contributed by atoms with Crippen LogP contribution in [0.3, 0.4) is 0 Å². The Bertz CT molecular complexity index is 407. The van der Waals surface area contributed by atoms with E-state index in [9.17, 15) is 4.39 Å². The van der Waals surface area contributed by atoms with Crippen LogP contribution in [0.15, 0.2) is 27.7 Å². The van der Waals surface area contributed by atoms with Crippen molar-refractivity contribution in [3.05, 3.63) is 34.1 Å². The molecule has 0 radical (unpaired) electrons. The van der Waals surface area contributed by atoms with Crippen molar-refractivity contribution in [2.24, 2.45) is 4.99 Å². The molecule has 1 rings (SSSR count). The Morgan fingerprint density at radius 3 is 2.83 bits per heavy atom. The molecule has 0 aromatic heterocycles. The molecule has 0 aliphatic rings. The molecular formula is C13H19BrFN3. The van der Waals surface area contributed by atoms with E-state index in [1.165, 1.54) is 6.07 Å². The minimum absolute atomic E-state index is 0.213. The van der Waals surface area contributed by atoms with E-state index < -0.39 is 0 Å². The molecule has 1 aromatic rings. The van der Waals surface area contributed by atoms with Crippen LogP contribution in [0.25, 0.3) is 0 Å². The fourth-order valence-corrected chi connectivity index (χ4v) is 1.87. The number of benzene rings is 1. The van der Waals surface area contributed by atoms with Crippen molar-refractivity contribution in [2.45, 2.75) is 26.3 Å². The average molecular weight is 316 g/mol. The molecule has 0 saturated carbocycles. The average Bonchev–Trinajstić information content (AvgIpc) is 2.37. The molecule has 1 aromatic carbocycles. The molecule has 5 heteroatoms. The molecule has 100 valence electrons. The molecule has 0 amide bonds. The lowest BCUT2D eigenvalue weighted by Gasteiger charge is -2.12. The van der Waals surface area contributed by atoms with Gasteiger partial charge in [0.25, 0.3) is 0 Å². The van der Waals surface area contributed by atoms with Gasteiger partial charge in [-0.1, -0.05) is 29.3 Å². The summed E-state index contributed by atoms with van der Waals surface area (Å²) in [5.41, 5.74) is 0.614. The Hall–Kier alpha value is -1.10. The minimum Gasteiger partial charge on any atom is -0.356 e. The Balaban J connectivity index is 2.49. The van der Waals surface area contributed by atoms with Crippen LogP contribution in [0.4, 0.5) is 4.39 Å². The SMILES string of the molecule is CCCCNC(=NC)NCc1cc(Br)ccc1F. The van der Waals surface area contributed by atoms with E-state index >= 15 is 0 Å². The van der Waals surface area contributed by atoms with Gasteiger partial charge in [-0.25, -0.2) is 4.39 Å². The third-order valence-electron chi connectivity index (χ3n) is 2.50. The van der Waals surface area contributed by atoms with Gasteiger partial charge in [-0.2, -0.15) is 0 Å². The van der Waals surface area contributed by atoms with Gasteiger partial charge in [0.2, 0.25) is 0 Å². The molecule has 0 unspecified atom stereocenters. The summed E-state index contributed by atoms with van der Waals surface area (Å²) in [5.74, 6) is 0.484. The Labute approximate surface area is 116 Å². The smallest absolute Gasteiger partial charge is 0.191 e. The fraction of sp³-hybridized carbons (Fsp3) is 0.462. The predicted octanol–water partition coefficient (Wildman–Crippen LogP) is 3.05. The van der Waals surface area contributed by atoms with Crippen LogP contribution in [0.2, 0.25) is 0 Å². The molecule has 0 bridgehead atoms. The number of hydrogen-bond acceptors (Lipinski definition) is 1. The summed E-state index contributed by atoms with van der Waals surface area (Å²) in [5, 5.41) is 6.27. The molecule has 0 saturated heterocycles. The molecule has 2 N–H and O–H groups in total. The number of aliphatic imine (C=N–C) groups is 1. The van der Waals surface area contributed by atoms with Crippen molar-refractivity contribution in [3.8, 4) is 0 Å². The van der Waals surface area contributed by atoms with Crippen LogP contribution >= 0.6 is 15.9 Å². The maximum absolute atomic E-state index is 13.5. The summed E-state index contributed by atoms with van der Waals surface area (Å²) >= 11 is 3.33. The van der Waals surface area contributed by atoms with E-state index in [1.54, 1.807) is 19.2 Å². The molecule has 0 atom stereocenters. The largest absolute Gasteiger partial charge is 0.356 e. The van der Waals surface area contributed by atoms with Crippen molar-refractivity contribution >= 4 is 21.9 Å². The molecule has 18 heavy (non-hydrogen) atoms. The second kappa shape index (κ2) is 8.08. The van der Waals surface area contributed by atoms with Gasteiger partial charge < -0.3 is 10.6 Å². The van der Waals surface area contributed by atoms with Gasteiger partial charge >= 0.3 is 0 Å². The number of rotatable bonds is 5. The highest BCUT2D eigenvalue weighted by molar-refractivity contribution is 9.10. The maximum Gasteiger partial charge on any atom is 0.191 e. The Morgan fingerprint density at radius 1 is 1.39 bits per heavy atom. The highest BCUT2D eigenvalue weighted by Gasteiger charge is 2.04. The first-order valence-electron chi connectivity index (χ1n) is 6.05. The molecular weight excluding hydrogens is 297 g/mol. The third-order valence-corrected chi connectivity index (χ3v) is 2.99. The Morgan fingerprint density at radius 2 is 2.17 bits per heavy atom. The number of guanidine groups is 1. The first-order valence-corrected chi connectivity index (χ1v) is 6.85. The summed E-state index contributed by atoms with van der Waals surface area (Å²) in [6, 6.07) is 4.91. The van der Waals surface area contributed by atoms with Crippen molar-refractivity contribution in [2.75, 3.05) is 13.6 Å². The molecule has 0 spiro atoms. The zero-order chi connectivity index (χ0) is 13.4. The van der Waals surface area contributed by atoms with Gasteiger partial charge in [-0.15, -0.1) is 0 Å². The first kappa shape index (κ1) is 15.0. The zero-order valence-corrected chi connectivity index (χ0v) is 12.3. The lowest BCUT2D eigenvalue weighted by molar-refractivity contribution is 0.604. The lowest BCUT2D eigenvalue weighted by Crippen LogP contribution is -2.37. The van der Waals surface area contributed by atoms with Crippen LogP contribution in [0.1, 0.15) is 25.3 Å². The summed E-state index contributed by atoms with van der Waals surface area (Å²) in [6.07, 6.45) is 2.22. The van der Waals surface area contributed by atoms with Crippen LogP contribution in [0, 0.1) is 5.82 Å². The monoisotopic (exact) mass is 315 g/mol. The summed E-state index contributed by atoms with van der Waals surface area (Å²) in [6.45, 7) is 3.42. The van der Waals surface area contributed by atoms with E-state index in [4.69, 9.17) is 0 Å². The topological polar surface area (TPSA) is 36.4 Å². The predicted molar refractivity (Wildman–Crippen MR) is 77.2 cm³/mol. The van der Waals surface area contributed by atoms with Crippen LogP contribution in [0.5, 0.6) is 0 Å². The molecule has 0 fully saturated rings. The van der Waals surface area contributed by atoms with Crippen molar-refractivity contribution in [1.82, 2.24) is 10.6 Å². The van der Waals surface area contributed by atoms with E-state index in [1.807, 2.05) is 0 Å². The van der Waals surface area contributed by atoms with Gasteiger partial charge in [0.15, 0.2) is 5.96 Å². The standard InChI is InChI=1S/C13H19BrFN3/c1-3-4-7-17-13(16-2)18-9-10-8-11(14)5-6-12(10)15/h5-6,8H,3-4,7,9H2,1-2H3,(H2,16,17,18). The number of unbranched alkanes of at least 4 members (excludes halogenated alkanes) is 1.